The fourth-order valence-electron chi connectivity index (χ4n) is 3.70. The van der Waals surface area contributed by atoms with Gasteiger partial charge in [-0.3, -0.25) is 4.90 Å². The molecule has 0 saturated carbocycles. The van der Waals surface area contributed by atoms with E-state index in [0.29, 0.717) is 11.6 Å². The van der Waals surface area contributed by atoms with Gasteiger partial charge in [-0.1, -0.05) is 6.07 Å². The Hall–Kier alpha value is -2.25. The van der Waals surface area contributed by atoms with Crippen LogP contribution in [0.25, 0.3) is 10.9 Å². The average Bonchev–Trinajstić information content (AvgIpc) is 2.69. The minimum atomic E-state index is -0.307. The van der Waals surface area contributed by atoms with Gasteiger partial charge in [-0.25, -0.2) is 14.4 Å². The Bertz CT molecular complexity index is 1050. The summed E-state index contributed by atoms with van der Waals surface area (Å²) < 4.78 is 20.6. The minimum absolute atomic E-state index is 0.184. The Kier molecular flexibility index (Phi) is 5.93. The highest BCUT2D eigenvalue weighted by molar-refractivity contribution is 9.10. The van der Waals surface area contributed by atoms with E-state index in [1.165, 1.54) is 12.1 Å². The second kappa shape index (κ2) is 8.47. The number of fused-ring (bicyclic) bond motifs is 1. The molecule has 0 spiro atoms. The van der Waals surface area contributed by atoms with Crippen LogP contribution in [0.1, 0.15) is 33.6 Å². The van der Waals surface area contributed by atoms with E-state index < -0.39 is 0 Å². The Morgan fingerprint density at radius 3 is 2.63 bits per heavy atom. The van der Waals surface area contributed by atoms with E-state index in [1.54, 1.807) is 18.3 Å². The van der Waals surface area contributed by atoms with Gasteiger partial charge in [-0.2, -0.15) is 0 Å². The molecule has 0 aliphatic carbocycles. The molecule has 158 valence electrons. The lowest BCUT2D eigenvalue weighted by Crippen LogP contribution is -2.48. The molecule has 4 rings (SSSR count). The molecule has 0 radical (unpaired) electrons. The highest BCUT2D eigenvalue weighted by Crippen LogP contribution is 2.33. The Morgan fingerprint density at radius 2 is 1.93 bits per heavy atom. The number of halogens is 2. The number of hydrogen-bond donors (Lipinski definition) is 1. The summed E-state index contributed by atoms with van der Waals surface area (Å²) in [5.41, 5.74) is 1.57. The average molecular weight is 473 g/mol. The molecule has 1 aromatic heterocycles. The lowest BCUT2D eigenvalue weighted by molar-refractivity contribution is 0.0489. The zero-order valence-corrected chi connectivity index (χ0v) is 19.0. The number of nitrogens with one attached hydrogen (secondary N) is 1. The highest BCUT2D eigenvalue weighted by Gasteiger charge is 2.28. The van der Waals surface area contributed by atoms with Crippen molar-refractivity contribution in [3.63, 3.8) is 0 Å². The van der Waals surface area contributed by atoms with E-state index in [4.69, 9.17) is 4.74 Å². The van der Waals surface area contributed by atoms with Crippen LogP contribution in [-0.2, 0) is 0 Å². The number of benzene rings is 2. The Labute approximate surface area is 184 Å². The molecule has 30 heavy (non-hydrogen) atoms. The van der Waals surface area contributed by atoms with Crippen molar-refractivity contribution in [2.45, 2.75) is 45.3 Å². The molecule has 0 atom stereocenters. The second-order valence-electron chi connectivity index (χ2n) is 8.65. The maximum absolute atomic E-state index is 13.4. The first kappa shape index (κ1) is 21.0. The first-order valence-corrected chi connectivity index (χ1v) is 11.0. The van der Waals surface area contributed by atoms with E-state index in [0.717, 1.165) is 47.1 Å². The fraction of sp³-hybridized carbons (Fsp3) is 0.391. The minimum Gasteiger partial charge on any atom is -0.489 e. The summed E-state index contributed by atoms with van der Waals surface area (Å²) in [7, 11) is 0. The summed E-state index contributed by atoms with van der Waals surface area (Å²) in [6.45, 7) is 8.82. The molecule has 3 aromatic rings. The zero-order valence-electron chi connectivity index (χ0n) is 17.5. The highest BCUT2D eigenvalue weighted by atomic mass is 79.9. The number of hydrogen-bond acceptors (Lipinski definition) is 5. The van der Waals surface area contributed by atoms with Crippen molar-refractivity contribution in [3.8, 4) is 5.75 Å². The number of likely N-dealkylation sites (tertiary alicyclic amines) is 1. The van der Waals surface area contributed by atoms with Crippen LogP contribution in [0, 0.1) is 5.82 Å². The maximum atomic E-state index is 13.4. The lowest BCUT2D eigenvalue weighted by atomic mass is 9.99. The normalized spacial score (nSPS) is 16.0. The van der Waals surface area contributed by atoms with Crippen LogP contribution in [-0.4, -0.2) is 39.6 Å². The van der Waals surface area contributed by atoms with E-state index >= 15 is 0 Å². The van der Waals surface area contributed by atoms with Gasteiger partial charge in [0.15, 0.2) is 0 Å². The standard InChI is InChI=1S/C23H26BrFN4O/c1-23(2,3)29-9-7-18(8-10-29)30-21-13-20-15(11-19(21)24)14-26-22(28-20)27-17-6-4-5-16(25)12-17/h4-6,11-14,18H,7-10H2,1-3H3,(H,26,27,28). The van der Waals surface area contributed by atoms with Crippen molar-refractivity contribution in [2.75, 3.05) is 18.4 Å². The predicted molar refractivity (Wildman–Crippen MR) is 122 cm³/mol. The topological polar surface area (TPSA) is 50.3 Å². The largest absolute Gasteiger partial charge is 0.489 e. The van der Waals surface area contributed by atoms with Crippen molar-refractivity contribution in [1.82, 2.24) is 14.9 Å². The number of aromatic nitrogens is 2. The SMILES string of the molecule is CC(C)(C)N1CCC(Oc2cc3nc(Nc4cccc(F)c4)ncc3cc2Br)CC1. The van der Waals surface area contributed by atoms with E-state index in [1.807, 2.05) is 12.1 Å². The van der Waals surface area contributed by atoms with Crippen LogP contribution in [0.5, 0.6) is 5.75 Å². The van der Waals surface area contributed by atoms with Crippen LogP contribution in [0.2, 0.25) is 0 Å². The van der Waals surface area contributed by atoms with Gasteiger partial charge in [0.25, 0.3) is 0 Å². The Balaban J connectivity index is 1.50. The number of anilines is 2. The molecule has 1 saturated heterocycles. The molecule has 7 heteroatoms. The fourth-order valence-corrected chi connectivity index (χ4v) is 4.16. The summed E-state index contributed by atoms with van der Waals surface area (Å²) in [5.74, 6) is 0.893. The van der Waals surface area contributed by atoms with Gasteiger partial charge in [0.1, 0.15) is 17.7 Å². The van der Waals surface area contributed by atoms with Gasteiger partial charge < -0.3 is 10.1 Å². The summed E-state index contributed by atoms with van der Waals surface area (Å²) >= 11 is 3.62. The molecular weight excluding hydrogens is 447 g/mol. The molecule has 0 amide bonds. The van der Waals surface area contributed by atoms with Crippen molar-refractivity contribution < 1.29 is 9.13 Å². The van der Waals surface area contributed by atoms with Crippen molar-refractivity contribution in [1.29, 1.82) is 0 Å². The van der Waals surface area contributed by atoms with Gasteiger partial charge in [-0.05, 0) is 73.8 Å². The van der Waals surface area contributed by atoms with Gasteiger partial charge in [0, 0.05) is 42.0 Å². The monoisotopic (exact) mass is 472 g/mol. The van der Waals surface area contributed by atoms with Crippen LogP contribution < -0.4 is 10.1 Å². The molecule has 2 aromatic carbocycles. The maximum Gasteiger partial charge on any atom is 0.227 e. The number of nitrogens with zero attached hydrogens (tertiary/aromatic N) is 3. The molecule has 1 N–H and O–H groups in total. The van der Waals surface area contributed by atoms with Gasteiger partial charge >= 0.3 is 0 Å². The zero-order chi connectivity index (χ0) is 21.3. The predicted octanol–water partition coefficient (Wildman–Crippen LogP) is 5.92. The van der Waals surface area contributed by atoms with Crippen LogP contribution >= 0.6 is 15.9 Å². The van der Waals surface area contributed by atoms with Crippen molar-refractivity contribution >= 4 is 38.5 Å². The second-order valence-corrected chi connectivity index (χ2v) is 9.50. The smallest absolute Gasteiger partial charge is 0.227 e. The molecule has 1 aliphatic heterocycles. The third kappa shape index (κ3) is 4.90. The van der Waals surface area contributed by atoms with Gasteiger partial charge in [0.2, 0.25) is 5.95 Å². The number of ether oxygens (including phenoxy) is 1. The van der Waals surface area contributed by atoms with E-state index in [2.05, 4.69) is 56.9 Å². The van der Waals surface area contributed by atoms with Gasteiger partial charge in [-0.15, -0.1) is 0 Å². The van der Waals surface area contributed by atoms with Gasteiger partial charge in [0.05, 0.1) is 9.99 Å². The number of rotatable bonds is 4. The molecule has 0 bridgehead atoms. The van der Waals surface area contributed by atoms with Crippen LogP contribution in [0.3, 0.4) is 0 Å². The molecule has 1 fully saturated rings. The number of piperidine rings is 1. The van der Waals surface area contributed by atoms with E-state index in [-0.39, 0.29) is 17.5 Å². The van der Waals surface area contributed by atoms with Crippen molar-refractivity contribution in [2.24, 2.45) is 0 Å². The molecule has 0 unspecified atom stereocenters. The molecule has 2 heterocycles. The Morgan fingerprint density at radius 1 is 1.17 bits per heavy atom. The quantitative estimate of drug-likeness (QED) is 0.510. The first-order valence-electron chi connectivity index (χ1n) is 10.2. The summed E-state index contributed by atoms with van der Waals surface area (Å²) in [5, 5.41) is 3.96. The third-order valence-corrected chi connectivity index (χ3v) is 6.02. The first-order chi connectivity index (χ1) is 14.3. The lowest BCUT2D eigenvalue weighted by Gasteiger charge is -2.40. The third-order valence-electron chi connectivity index (χ3n) is 5.40. The molecular formula is C23H26BrFN4O. The van der Waals surface area contributed by atoms with Crippen molar-refractivity contribution in [3.05, 3.63) is 52.9 Å². The van der Waals surface area contributed by atoms with E-state index in [9.17, 15) is 4.39 Å². The summed E-state index contributed by atoms with van der Waals surface area (Å²) in [6, 6.07) is 10.1. The van der Waals surface area contributed by atoms with Crippen LogP contribution in [0.4, 0.5) is 16.0 Å². The molecule has 5 nitrogen and oxygen atoms in total. The summed E-state index contributed by atoms with van der Waals surface area (Å²) in [4.78, 5) is 11.4. The van der Waals surface area contributed by atoms with Crippen LogP contribution in [0.15, 0.2) is 47.1 Å². The molecule has 1 aliphatic rings. The summed E-state index contributed by atoms with van der Waals surface area (Å²) in [6.07, 6.45) is 3.93.